The molecule has 0 bridgehead atoms. The van der Waals surface area contributed by atoms with Crippen LogP contribution in [0, 0.1) is 16.7 Å². The zero-order valence-electron chi connectivity index (χ0n) is 27.3. The molecule has 0 aliphatic carbocycles. The lowest BCUT2D eigenvalue weighted by molar-refractivity contribution is -0.140. The topological polar surface area (TPSA) is 216 Å². The molecule has 1 aromatic heterocycles. The van der Waals surface area contributed by atoms with Crippen LogP contribution < -0.4 is 22.1 Å². The Balaban J connectivity index is 2.68. The second-order valence-electron chi connectivity index (χ2n) is 13.2. The van der Waals surface area contributed by atoms with E-state index in [1.807, 2.05) is 0 Å². The molecule has 0 fully saturated rings. The normalized spacial score (nSPS) is 13.5. The van der Waals surface area contributed by atoms with Crippen LogP contribution in [0.1, 0.15) is 92.7 Å². The molecule has 0 aromatic carbocycles. The third-order valence-corrected chi connectivity index (χ3v) is 7.75. The molecule has 0 saturated carbocycles. The molecule has 13 heteroatoms. The molecule has 13 nitrogen and oxygen atoms in total. The van der Waals surface area contributed by atoms with Crippen molar-refractivity contribution in [3.63, 3.8) is 0 Å². The molecule has 2 atom stereocenters. The lowest BCUT2D eigenvalue weighted by Gasteiger charge is -2.33. The van der Waals surface area contributed by atoms with Gasteiger partial charge in [0.05, 0.1) is 17.9 Å². The van der Waals surface area contributed by atoms with Crippen molar-refractivity contribution in [2.45, 2.75) is 105 Å². The molecule has 0 spiro atoms. The summed E-state index contributed by atoms with van der Waals surface area (Å²) in [5.41, 5.74) is 8.76. The summed E-state index contributed by atoms with van der Waals surface area (Å²) >= 11 is 0. The number of ether oxygens (including phenoxy) is 1. The number of nitrogens with two attached hydrogens (primary N) is 2. The summed E-state index contributed by atoms with van der Waals surface area (Å²) in [5.74, 6) is -2.95. The Hall–Kier alpha value is -3.45. The number of nitrogens with zero attached hydrogens (tertiary/aromatic N) is 1. The van der Waals surface area contributed by atoms with Gasteiger partial charge in [0.25, 0.3) is 0 Å². The fourth-order valence-electron chi connectivity index (χ4n) is 4.49. The number of amides is 3. The minimum absolute atomic E-state index is 0.00991. The maximum Gasteiger partial charge on any atom is 0.245 e. The molecule has 1 rings (SSSR count). The van der Waals surface area contributed by atoms with E-state index in [-0.39, 0.29) is 55.5 Å². The molecule has 44 heavy (non-hydrogen) atoms. The highest BCUT2D eigenvalue weighted by atomic mass is 16.5. The van der Waals surface area contributed by atoms with E-state index in [1.165, 1.54) is 6.33 Å². The van der Waals surface area contributed by atoms with Crippen LogP contribution in [0.15, 0.2) is 12.5 Å². The molecule has 0 unspecified atom stereocenters. The van der Waals surface area contributed by atoms with Gasteiger partial charge < -0.3 is 31.8 Å². The van der Waals surface area contributed by atoms with Crippen LogP contribution >= 0.6 is 0 Å². The van der Waals surface area contributed by atoms with Gasteiger partial charge in [-0.25, -0.2) is 4.98 Å². The molecule has 0 aliphatic heterocycles. The Bertz CT molecular complexity index is 1140. The zero-order valence-corrected chi connectivity index (χ0v) is 27.3. The number of ketones is 3. The van der Waals surface area contributed by atoms with Crippen LogP contribution in [0.2, 0.25) is 0 Å². The molecule has 3 amide bonds. The lowest BCUT2D eigenvalue weighted by atomic mass is 9.71. The highest BCUT2D eigenvalue weighted by molar-refractivity contribution is 5.99. The Kier molecular flexibility index (Phi) is 15.0. The molecule has 1 aromatic rings. The Morgan fingerprint density at radius 1 is 0.955 bits per heavy atom. The second-order valence-corrected chi connectivity index (χ2v) is 13.2. The first-order valence-electron chi connectivity index (χ1n) is 15.1. The van der Waals surface area contributed by atoms with Gasteiger partial charge in [-0.05, 0) is 33.6 Å². The molecular weight excluding hydrogens is 568 g/mol. The van der Waals surface area contributed by atoms with Gasteiger partial charge >= 0.3 is 0 Å². The number of imidazole rings is 1. The third kappa shape index (κ3) is 13.0. The molecule has 0 aliphatic rings. The van der Waals surface area contributed by atoms with E-state index >= 15 is 0 Å². The first kappa shape index (κ1) is 38.6. The summed E-state index contributed by atoms with van der Waals surface area (Å²) in [7, 11) is 0. The maximum atomic E-state index is 13.4. The number of nitrogens with one attached hydrogen (secondary N) is 3. The standard InChI is InChI=1S/C31H52N6O7/c1-8-44-18-26(41)35-12-10-9-11-20(27(33)42)13-23(38)29(2,3)15-24(39)30(4,5)16-25(40)31(6,7)37-28(43)22(32)14-21-17-34-19-36-21/h17,19-20,22H,8-16,18,32H2,1-7H3,(H2,33,42)(H,34,36)(H,35,41)(H,37,43)/t20-,22+/m1/s1. The van der Waals surface area contributed by atoms with Crippen molar-refractivity contribution in [3.05, 3.63) is 18.2 Å². The van der Waals surface area contributed by atoms with Gasteiger partial charge in [-0.15, -0.1) is 0 Å². The summed E-state index contributed by atoms with van der Waals surface area (Å²) in [5, 5.41) is 5.41. The Morgan fingerprint density at radius 3 is 2.14 bits per heavy atom. The number of hydrogen-bond donors (Lipinski definition) is 5. The lowest BCUT2D eigenvalue weighted by Crippen LogP contribution is -2.56. The number of aromatic amines is 1. The number of primary amides is 1. The van der Waals surface area contributed by atoms with Gasteiger partial charge in [0.1, 0.15) is 18.2 Å². The number of aromatic nitrogens is 2. The first-order valence-corrected chi connectivity index (χ1v) is 15.1. The van der Waals surface area contributed by atoms with E-state index in [0.717, 1.165) is 0 Å². The predicted molar refractivity (Wildman–Crippen MR) is 165 cm³/mol. The molecular formula is C31H52N6O7. The van der Waals surface area contributed by atoms with Crippen molar-refractivity contribution in [1.82, 2.24) is 20.6 Å². The smallest absolute Gasteiger partial charge is 0.245 e. The maximum absolute atomic E-state index is 13.4. The monoisotopic (exact) mass is 620 g/mol. The summed E-state index contributed by atoms with van der Waals surface area (Å²) in [6.07, 6.45) is 4.41. The van der Waals surface area contributed by atoms with E-state index in [0.29, 0.717) is 38.1 Å². The molecule has 0 radical (unpaired) electrons. The minimum atomic E-state index is -1.29. The van der Waals surface area contributed by atoms with Crippen LogP contribution in [0.25, 0.3) is 0 Å². The summed E-state index contributed by atoms with van der Waals surface area (Å²) in [6.45, 7) is 12.3. The molecule has 0 saturated heterocycles. The fourth-order valence-corrected chi connectivity index (χ4v) is 4.49. The van der Waals surface area contributed by atoms with Crippen LogP contribution in [-0.4, -0.2) is 76.4 Å². The molecule has 7 N–H and O–H groups in total. The van der Waals surface area contributed by atoms with Gasteiger partial charge in [-0.3, -0.25) is 28.8 Å². The second kappa shape index (κ2) is 17.1. The number of carbonyl (C=O) groups is 6. The van der Waals surface area contributed by atoms with Gasteiger partial charge in [-0.2, -0.15) is 0 Å². The zero-order chi connectivity index (χ0) is 33.7. The van der Waals surface area contributed by atoms with Crippen LogP contribution in [0.4, 0.5) is 0 Å². The Morgan fingerprint density at radius 2 is 1.57 bits per heavy atom. The average molecular weight is 621 g/mol. The van der Waals surface area contributed by atoms with Crippen molar-refractivity contribution >= 4 is 35.1 Å². The van der Waals surface area contributed by atoms with Crippen molar-refractivity contribution in [2.24, 2.45) is 28.2 Å². The predicted octanol–water partition coefficient (Wildman–Crippen LogP) is 1.53. The van der Waals surface area contributed by atoms with Crippen molar-refractivity contribution < 1.29 is 33.5 Å². The summed E-state index contributed by atoms with van der Waals surface area (Å²) in [6, 6.07) is -0.903. The van der Waals surface area contributed by atoms with Gasteiger partial charge in [-0.1, -0.05) is 34.1 Å². The molecule has 248 valence electrons. The van der Waals surface area contributed by atoms with Gasteiger partial charge in [0, 0.05) is 67.5 Å². The van der Waals surface area contributed by atoms with Crippen LogP contribution in [-0.2, 0) is 39.9 Å². The highest BCUT2D eigenvalue weighted by Crippen LogP contribution is 2.34. The average Bonchev–Trinajstić information content (AvgIpc) is 3.42. The number of Topliss-reactive ketones (excluding diaryl/α,β-unsaturated/α-hetero) is 3. The highest BCUT2D eigenvalue weighted by Gasteiger charge is 2.41. The summed E-state index contributed by atoms with van der Waals surface area (Å²) < 4.78 is 5.04. The van der Waals surface area contributed by atoms with E-state index in [2.05, 4.69) is 20.6 Å². The number of rotatable bonds is 22. The summed E-state index contributed by atoms with van der Waals surface area (Å²) in [4.78, 5) is 83.0. The quantitative estimate of drug-likeness (QED) is 0.119. The number of carbonyl (C=O) groups excluding carboxylic acids is 6. The minimum Gasteiger partial charge on any atom is -0.372 e. The Labute approximate surface area is 260 Å². The number of unbranched alkanes of at least 4 members (excludes halogenated alkanes) is 1. The fraction of sp³-hybridized carbons (Fsp3) is 0.710. The molecule has 1 heterocycles. The van der Waals surface area contributed by atoms with Gasteiger partial charge in [0.15, 0.2) is 5.78 Å². The first-order chi connectivity index (χ1) is 20.3. The van der Waals surface area contributed by atoms with Crippen LogP contribution in [0.5, 0.6) is 0 Å². The number of H-pyrrole nitrogens is 1. The van der Waals surface area contributed by atoms with Crippen molar-refractivity contribution in [2.75, 3.05) is 19.8 Å². The van der Waals surface area contributed by atoms with Crippen molar-refractivity contribution in [3.8, 4) is 0 Å². The number of hydrogen-bond acceptors (Lipinski definition) is 9. The van der Waals surface area contributed by atoms with E-state index < -0.39 is 40.1 Å². The van der Waals surface area contributed by atoms with E-state index in [9.17, 15) is 28.8 Å². The largest absolute Gasteiger partial charge is 0.372 e. The van der Waals surface area contributed by atoms with E-state index in [4.69, 9.17) is 16.2 Å². The third-order valence-electron chi connectivity index (χ3n) is 7.75. The van der Waals surface area contributed by atoms with Gasteiger partial charge in [0.2, 0.25) is 17.7 Å². The van der Waals surface area contributed by atoms with Crippen LogP contribution in [0.3, 0.4) is 0 Å². The van der Waals surface area contributed by atoms with E-state index in [1.54, 1.807) is 54.7 Å². The SMILES string of the molecule is CCOCC(=O)NCCCC[C@H](CC(=O)C(C)(C)CC(=O)C(C)(C)CC(=O)C(C)(C)NC(=O)[C@@H](N)Cc1cnc[nH]1)C(N)=O. The van der Waals surface area contributed by atoms with Crippen molar-refractivity contribution in [1.29, 1.82) is 0 Å².